The molecule has 0 aliphatic heterocycles. The molecule has 1 aromatic heterocycles. The number of hydrogen-bond acceptors (Lipinski definition) is 5. The molecule has 0 aromatic carbocycles. The SMILES string of the molecule is O=NN(CCCl)S(=O)(=O)n1ccnc1. The topological polar surface area (TPSA) is 84.6 Å². The Morgan fingerprint density at radius 3 is 2.71 bits per heavy atom. The van der Waals surface area contributed by atoms with Gasteiger partial charge in [0.25, 0.3) is 0 Å². The van der Waals surface area contributed by atoms with Gasteiger partial charge in [-0.05, 0) is 0 Å². The van der Waals surface area contributed by atoms with Gasteiger partial charge in [0.15, 0.2) is 0 Å². The Morgan fingerprint density at radius 1 is 1.57 bits per heavy atom. The molecule has 1 rings (SSSR count). The zero-order valence-electron chi connectivity index (χ0n) is 6.95. The maximum absolute atomic E-state index is 11.5. The first-order valence-electron chi connectivity index (χ1n) is 3.53. The predicted octanol–water partition coefficient (Wildman–Crippen LogP) is 0.198. The average molecular weight is 239 g/mol. The molecule has 0 unspecified atom stereocenters. The Balaban J connectivity index is 3.00. The summed E-state index contributed by atoms with van der Waals surface area (Å²) in [6, 6.07) is 0. The minimum atomic E-state index is -3.95. The van der Waals surface area contributed by atoms with E-state index in [0.717, 1.165) is 10.3 Å². The highest BCUT2D eigenvalue weighted by molar-refractivity contribution is 7.87. The van der Waals surface area contributed by atoms with Crippen molar-refractivity contribution in [2.75, 3.05) is 12.4 Å². The second-order valence-corrected chi connectivity index (χ2v) is 4.33. The number of halogens is 1. The van der Waals surface area contributed by atoms with Crippen LogP contribution in [0.1, 0.15) is 0 Å². The van der Waals surface area contributed by atoms with Crippen molar-refractivity contribution in [3.8, 4) is 0 Å². The van der Waals surface area contributed by atoms with Crippen molar-refractivity contribution in [2.24, 2.45) is 5.29 Å². The van der Waals surface area contributed by atoms with Crippen molar-refractivity contribution in [3.05, 3.63) is 23.6 Å². The van der Waals surface area contributed by atoms with E-state index in [2.05, 4.69) is 10.3 Å². The predicted molar refractivity (Wildman–Crippen MR) is 49.8 cm³/mol. The van der Waals surface area contributed by atoms with E-state index in [4.69, 9.17) is 11.6 Å². The van der Waals surface area contributed by atoms with Gasteiger partial charge in [-0.15, -0.1) is 20.9 Å². The van der Waals surface area contributed by atoms with Gasteiger partial charge in [0, 0.05) is 18.3 Å². The third-order valence-corrected chi connectivity index (χ3v) is 3.08. The molecule has 0 N–H and O–H groups in total. The third-order valence-electron chi connectivity index (χ3n) is 1.38. The number of nitroso groups, excluding NO2 is 1. The van der Waals surface area contributed by atoms with Gasteiger partial charge in [-0.1, -0.05) is 0 Å². The molecule has 0 radical (unpaired) electrons. The average Bonchev–Trinajstić information content (AvgIpc) is 2.66. The van der Waals surface area contributed by atoms with Crippen LogP contribution >= 0.6 is 11.6 Å². The van der Waals surface area contributed by atoms with Gasteiger partial charge in [0.05, 0.1) is 11.8 Å². The molecule has 0 bridgehead atoms. The third kappa shape index (κ3) is 2.02. The van der Waals surface area contributed by atoms with Gasteiger partial charge in [-0.2, -0.15) is 8.42 Å². The maximum Gasteiger partial charge on any atom is 0.348 e. The Bertz CT molecular complexity index is 389. The van der Waals surface area contributed by atoms with Crippen LogP contribution in [0.4, 0.5) is 0 Å². The van der Waals surface area contributed by atoms with E-state index < -0.39 is 10.2 Å². The number of nitrogens with zero attached hydrogens (tertiary/aromatic N) is 4. The molecule has 0 fully saturated rings. The quantitative estimate of drug-likeness (QED) is 0.417. The van der Waals surface area contributed by atoms with E-state index in [9.17, 15) is 13.3 Å². The molecule has 9 heteroatoms. The lowest BCUT2D eigenvalue weighted by Crippen LogP contribution is -2.31. The molecule has 7 nitrogen and oxygen atoms in total. The smallest absolute Gasteiger partial charge is 0.244 e. The molecule has 0 aliphatic carbocycles. The minimum Gasteiger partial charge on any atom is -0.244 e. The zero-order chi connectivity index (χ0) is 10.6. The van der Waals surface area contributed by atoms with Crippen LogP contribution in [0.25, 0.3) is 0 Å². The van der Waals surface area contributed by atoms with Crippen molar-refractivity contribution < 1.29 is 8.42 Å². The molecular weight excluding hydrogens is 232 g/mol. The second-order valence-electron chi connectivity index (χ2n) is 2.22. The highest BCUT2D eigenvalue weighted by Crippen LogP contribution is 2.05. The maximum atomic E-state index is 11.5. The fraction of sp³-hybridized carbons (Fsp3) is 0.400. The summed E-state index contributed by atoms with van der Waals surface area (Å²) >= 11 is 5.31. The van der Waals surface area contributed by atoms with Gasteiger partial charge >= 0.3 is 10.2 Å². The highest BCUT2D eigenvalue weighted by Gasteiger charge is 2.22. The monoisotopic (exact) mass is 238 g/mol. The number of rotatable bonds is 5. The fourth-order valence-corrected chi connectivity index (χ4v) is 2.03. The largest absolute Gasteiger partial charge is 0.348 e. The van der Waals surface area contributed by atoms with E-state index in [1.807, 2.05) is 0 Å². The Morgan fingerprint density at radius 2 is 2.29 bits per heavy atom. The number of alkyl halides is 1. The van der Waals surface area contributed by atoms with Gasteiger partial charge in [-0.25, -0.2) is 8.96 Å². The van der Waals surface area contributed by atoms with Gasteiger partial charge in [0.2, 0.25) is 0 Å². The van der Waals surface area contributed by atoms with Crippen LogP contribution in [0.3, 0.4) is 0 Å². The van der Waals surface area contributed by atoms with E-state index in [1.54, 1.807) is 0 Å². The molecule has 0 amide bonds. The first-order chi connectivity index (χ1) is 6.62. The minimum absolute atomic E-state index is 0.0142. The van der Waals surface area contributed by atoms with E-state index >= 15 is 0 Å². The molecular formula is C5H7ClN4O3S. The molecule has 0 aliphatic rings. The molecule has 78 valence electrons. The Hall–Kier alpha value is -1.15. The highest BCUT2D eigenvalue weighted by atomic mass is 35.5. The van der Waals surface area contributed by atoms with Crippen LogP contribution in [0.5, 0.6) is 0 Å². The van der Waals surface area contributed by atoms with Crippen LogP contribution < -0.4 is 0 Å². The van der Waals surface area contributed by atoms with Crippen LogP contribution in [0.2, 0.25) is 0 Å². The van der Waals surface area contributed by atoms with Crippen molar-refractivity contribution in [2.45, 2.75) is 0 Å². The lowest BCUT2D eigenvalue weighted by Gasteiger charge is -2.13. The van der Waals surface area contributed by atoms with Gasteiger partial charge in [-0.3, -0.25) is 0 Å². The molecule has 0 atom stereocenters. The van der Waals surface area contributed by atoms with Crippen LogP contribution in [-0.2, 0) is 10.2 Å². The first kappa shape index (κ1) is 10.9. The molecule has 14 heavy (non-hydrogen) atoms. The van der Waals surface area contributed by atoms with E-state index in [0.29, 0.717) is 4.41 Å². The van der Waals surface area contributed by atoms with Crippen molar-refractivity contribution in [3.63, 3.8) is 0 Å². The molecule has 0 saturated heterocycles. The summed E-state index contributed by atoms with van der Waals surface area (Å²) in [6.07, 6.45) is 3.53. The second kappa shape index (κ2) is 4.38. The van der Waals surface area contributed by atoms with Crippen molar-refractivity contribution in [1.82, 2.24) is 13.4 Å². The summed E-state index contributed by atoms with van der Waals surface area (Å²) < 4.78 is 24.2. The summed E-state index contributed by atoms with van der Waals surface area (Å²) in [4.78, 5) is 13.8. The molecule has 1 aromatic rings. The summed E-state index contributed by atoms with van der Waals surface area (Å²) in [7, 11) is -3.95. The number of imidazole rings is 1. The molecule has 1 heterocycles. The summed E-state index contributed by atoms with van der Waals surface area (Å²) in [5, 5.41) is 2.37. The summed E-state index contributed by atoms with van der Waals surface area (Å²) in [6.45, 7) is -0.175. The van der Waals surface area contributed by atoms with E-state index in [-0.39, 0.29) is 12.4 Å². The molecule has 0 spiro atoms. The standard InChI is InChI=1S/C5H7ClN4O3S/c6-1-3-10(8-11)14(12,13)9-4-2-7-5-9/h2,4-5H,1,3H2. The Labute approximate surface area is 85.4 Å². The summed E-state index contributed by atoms with van der Waals surface area (Å²) in [5.41, 5.74) is 0. The van der Waals surface area contributed by atoms with Crippen molar-refractivity contribution in [1.29, 1.82) is 0 Å². The number of hydrogen-bond donors (Lipinski definition) is 0. The normalized spacial score (nSPS) is 11.2. The zero-order valence-corrected chi connectivity index (χ0v) is 8.52. The fourth-order valence-electron chi connectivity index (χ4n) is 0.763. The van der Waals surface area contributed by atoms with Crippen LogP contribution in [0, 0.1) is 4.91 Å². The van der Waals surface area contributed by atoms with E-state index in [1.165, 1.54) is 12.4 Å². The molecule has 0 saturated carbocycles. The summed E-state index contributed by atoms with van der Waals surface area (Å²) in [5.74, 6) is -0.0142. The van der Waals surface area contributed by atoms with Crippen molar-refractivity contribution >= 4 is 21.8 Å². The lowest BCUT2D eigenvalue weighted by molar-refractivity contribution is 0.438. The van der Waals surface area contributed by atoms with Crippen LogP contribution in [-0.4, -0.2) is 34.2 Å². The number of aromatic nitrogens is 2. The van der Waals surface area contributed by atoms with Gasteiger partial charge < -0.3 is 0 Å². The first-order valence-corrected chi connectivity index (χ1v) is 5.46. The lowest BCUT2D eigenvalue weighted by atomic mass is 10.8. The Kier molecular flexibility index (Phi) is 3.42. The van der Waals surface area contributed by atoms with Crippen LogP contribution in [0.15, 0.2) is 24.0 Å². The van der Waals surface area contributed by atoms with Gasteiger partial charge in [0.1, 0.15) is 6.33 Å².